The van der Waals surface area contributed by atoms with Crippen molar-refractivity contribution >= 4 is 15.9 Å². The molecule has 1 saturated carbocycles. The molecule has 0 amide bonds. The molecule has 0 saturated heterocycles. The van der Waals surface area contributed by atoms with Crippen LogP contribution in [0.4, 0.5) is 0 Å². The Morgan fingerprint density at radius 1 is 1.23 bits per heavy atom. The molecule has 1 heteroatoms. The largest absolute Gasteiger partial charge is 0.0883 e. The van der Waals surface area contributed by atoms with Crippen LogP contribution in [0.15, 0.2) is 12.2 Å². The number of halogens is 1. The second-order valence-corrected chi connectivity index (χ2v) is 4.80. The number of allylic oxidation sites excluding steroid dienone is 2. The fraction of sp³-hybridized carbons (Fsp3) is 0.833. The zero-order chi connectivity index (χ0) is 9.52. The van der Waals surface area contributed by atoms with Crippen molar-refractivity contribution < 1.29 is 0 Å². The normalized spacial score (nSPS) is 29.7. The lowest BCUT2D eigenvalue weighted by atomic mass is 9.80. The Bertz CT molecular complexity index is 143. The van der Waals surface area contributed by atoms with Crippen molar-refractivity contribution in [3.63, 3.8) is 0 Å². The fourth-order valence-electron chi connectivity index (χ4n) is 2.32. The fourth-order valence-corrected chi connectivity index (χ4v) is 2.54. The number of rotatable bonds is 4. The molecule has 0 bridgehead atoms. The molecule has 0 aromatic carbocycles. The highest BCUT2D eigenvalue weighted by atomic mass is 79.9. The second kappa shape index (κ2) is 6.64. The number of hydrogen-bond donors (Lipinski definition) is 0. The van der Waals surface area contributed by atoms with Gasteiger partial charge >= 0.3 is 0 Å². The zero-order valence-electron chi connectivity index (χ0n) is 8.64. The summed E-state index contributed by atoms with van der Waals surface area (Å²) in [7, 11) is 0. The lowest BCUT2D eigenvalue weighted by Gasteiger charge is -2.26. The first-order chi connectivity index (χ1) is 6.36. The maximum Gasteiger partial charge on any atom is 0.0212 e. The summed E-state index contributed by atoms with van der Waals surface area (Å²) in [5.74, 6) is 1.92. The molecule has 0 aromatic rings. The van der Waals surface area contributed by atoms with Crippen LogP contribution in [0, 0.1) is 11.8 Å². The van der Waals surface area contributed by atoms with Gasteiger partial charge in [0.25, 0.3) is 0 Å². The van der Waals surface area contributed by atoms with Crippen molar-refractivity contribution in [3.05, 3.63) is 12.2 Å². The van der Waals surface area contributed by atoms with Crippen LogP contribution in [0.25, 0.3) is 0 Å². The van der Waals surface area contributed by atoms with E-state index in [0.29, 0.717) is 0 Å². The van der Waals surface area contributed by atoms with Gasteiger partial charge in [-0.1, -0.05) is 47.8 Å². The predicted octanol–water partition coefficient (Wildman–Crippen LogP) is 4.54. The Balaban J connectivity index is 2.18. The van der Waals surface area contributed by atoms with Crippen molar-refractivity contribution in [2.45, 2.75) is 45.4 Å². The topological polar surface area (TPSA) is 0 Å². The summed E-state index contributed by atoms with van der Waals surface area (Å²) in [5.41, 5.74) is 0. The van der Waals surface area contributed by atoms with Gasteiger partial charge in [0.15, 0.2) is 0 Å². The molecule has 0 nitrogen and oxygen atoms in total. The summed E-state index contributed by atoms with van der Waals surface area (Å²) < 4.78 is 0. The van der Waals surface area contributed by atoms with Crippen LogP contribution < -0.4 is 0 Å². The monoisotopic (exact) mass is 244 g/mol. The van der Waals surface area contributed by atoms with E-state index in [4.69, 9.17) is 0 Å². The zero-order valence-corrected chi connectivity index (χ0v) is 10.2. The summed E-state index contributed by atoms with van der Waals surface area (Å²) in [4.78, 5) is 0. The van der Waals surface area contributed by atoms with E-state index in [-0.39, 0.29) is 0 Å². The Morgan fingerprint density at radius 3 is 2.46 bits per heavy atom. The molecule has 13 heavy (non-hydrogen) atoms. The maximum absolute atomic E-state index is 3.43. The van der Waals surface area contributed by atoms with Crippen LogP contribution >= 0.6 is 15.9 Å². The van der Waals surface area contributed by atoms with Crippen LogP contribution in [0.3, 0.4) is 0 Å². The molecule has 0 radical (unpaired) electrons. The van der Waals surface area contributed by atoms with E-state index in [2.05, 4.69) is 35.0 Å². The third-order valence-electron chi connectivity index (χ3n) is 3.09. The van der Waals surface area contributed by atoms with Gasteiger partial charge in [0.2, 0.25) is 0 Å². The minimum atomic E-state index is 0.880. The van der Waals surface area contributed by atoms with E-state index in [1.165, 1.54) is 38.5 Å². The van der Waals surface area contributed by atoms with Crippen molar-refractivity contribution in [3.8, 4) is 0 Å². The summed E-state index contributed by atoms with van der Waals surface area (Å²) in [5, 5.41) is 1.02. The van der Waals surface area contributed by atoms with Gasteiger partial charge < -0.3 is 0 Å². The molecule has 1 rings (SSSR count). The van der Waals surface area contributed by atoms with Gasteiger partial charge in [-0.25, -0.2) is 0 Å². The summed E-state index contributed by atoms with van der Waals surface area (Å²) in [6.07, 6.45) is 13.3. The second-order valence-electron chi connectivity index (χ2n) is 4.15. The lowest BCUT2D eigenvalue weighted by molar-refractivity contribution is 0.294. The highest BCUT2D eigenvalue weighted by Gasteiger charge is 2.18. The first-order valence-electron chi connectivity index (χ1n) is 5.59. The maximum atomic E-state index is 3.43. The molecule has 1 aliphatic rings. The Hall–Kier alpha value is 0.220. The van der Waals surface area contributed by atoms with Gasteiger partial charge in [-0.05, 0) is 37.5 Å². The molecular weight excluding hydrogens is 224 g/mol. The van der Waals surface area contributed by atoms with Gasteiger partial charge in [-0.3, -0.25) is 0 Å². The van der Waals surface area contributed by atoms with Crippen molar-refractivity contribution in [2.75, 3.05) is 5.33 Å². The standard InChI is InChI=1S/C12H21Br/c1-2-4-11-6-8-12(9-7-11)5-3-10-13/h3,5,11-12H,2,4,6-10H2,1H3/b5-3+. The van der Waals surface area contributed by atoms with Crippen molar-refractivity contribution in [1.29, 1.82) is 0 Å². The minimum absolute atomic E-state index is 0.880. The average molecular weight is 245 g/mol. The third kappa shape index (κ3) is 4.30. The average Bonchev–Trinajstić information content (AvgIpc) is 2.17. The Morgan fingerprint density at radius 2 is 1.92 bits per heavy atom. The number of hydrogen-bond acceptors (Lipinski definition) is 0. The van der Waals surface area contributed by atoms with E-state index < -0.39 is 0 Å². The molecule has 1 aliphatic carbocycles. The highest BCUT2D eigenvalue weighted by molar-refractivity contribution is 9.09. The van der Waals surface area contributed by atoms with Gasteiger partial charge in [0.05, 0.1) is 0 Å². The van der Waals surface area contributed by atoms with Crippen LogP contribution in [0.1, 0.15) is 45.4 Å². The first-order valence-corrected chi connectivity index (χ1v) is 6.71. The van der Waals surface area contributed by atoms with Crippen LogP contribution in [-0.2, 0) is 0 Å². The van der Waals surface area contributed by atoms with Gasteiger partial charge in [0.1, 0.15) is 0 Å². The molecule has 0 atom stereocenters. The summed E-state index contributed by atoms with van der Waals surface area (Å²) in [6.45, 7) is 2.30. The van der Waals surface area contributed by atoms with Gasteiger partial charge in [-0.15, -0.1) is 0 Å². The SMILES string of the molecule is CCCC1CCC(/C=C/CBr)CC1. The summed E-state index contributed by atoms with van der Waals surface area (Å²) in [6, 6.07) is 0. The predicted molar refractivity (Wildman–Crippen MR) is 63.3 cm³/mol. The van der Waals surface area contributed by atoms with Crippen LogP contribution in [-0.4, -0.2) is 5.33 Å². The van der Waals surface area contributed by atoms with Gasteiger partial charge in [-0.2, -0.15) is 0 Å². The van der Waals surface area contributed by atoms with Crippen LogP contribution in [0.2, 0.25) is 0 Å². The lowest BCUT2D eigenvalue weighted by Crippen LogP contribution is -2.12. The van der Waals surface area contributed by atoms with Crippen molar-refractivity contribution in [2.24, 2.45) is 11.8 Å². The molecule has 0 aromatic heterocycles. The van der Waals surface area contributed by atoms with Crippen molar-refractivity contribution in [1.82, 2.24) is 0 Å². The molecule has 0 unspecified atom stereocenters. The highest BCUT2D eigenvalue weighted by Crippen LogP contribution is 2.31. The van der Waals surface area contributed by atoms with E-state index in [1.54, 1.807) is 0 Å². The Kier molecular flexibility index (Phi) is 5.77. The summed E-state index contributed by atoms with van der Waals surface area (Å²) >= 11 is 3.43. The molecule has 76 valence electrons. The van der Waals surface area contributed by atoms with E-state index >= 15 is 0 Å². The minimum Gasteiger partial charge on any atom is -0.0883 e. The van der Waals surface area contributed by atoms with Gasteiger partial charge in [0, 0.05) is 5.33 Å². The Labute approximate surface area is 90.9 Å². The molecule has 0 spiro atoms. The molecule has 0 N–H and O–H groups in total. The smallest absolute Gasteiger partial charge is 0.0212 e. The third-order valence-corrected chi connectivity index (χ3v) is 3.46. The quantitative estimate of drug-likeness (QED) is 0.503. The van der Waals surface area contributed by atoms with Crippen LogP contribution in [0.5, 0.6) is 0 Å². The molecular formula is C12H21Br. The van der Waals surface area contributed by atoms with E-state index in [1.807, 2.05) is 0 Å². The molecule has 0 aliphatic heterocycles. The van der Waals surface area contributed by atoms with E-state index in [9.17, 15) is 0 Å². The first kappa shape index (κ1) is 11.3. The van der Waals surface area contributed by atoms with E-state index in [0.717, 1.165) is 17.2 Å². The molecule has 0 heterocycles. The molecule has 1 fully saturated rings. The number of alkyl halides is 1.